The molecule has 0 bridgehead atoms. The molecular formula is C33H34F2N6O5. The van der Waals surface area contributed by atoms with E-state index in [-0.39, 0.29) is 52.5 Å². The van der Waals surface area contributed by atoms with Crippen LogP contribution in [0.3, 0.4) is 0 Å². The highest BCUT2D eigenvalue weighted by atomic mass is 19.3. The molecule has 2 amide bonds. The van der Waals surface area contributed by atoms with Crippen molar-refractivity contribution in [3.8, 4) is 22.9 Å². The number of aromatic nitrogens is 4. The van der Waals surface area contributed by atoms with Crippen molar-refractivity contribution in [1.82, 2.24) is 24.7 Å². The minimum Gasteiger partial charge on any atom is -0.491 e. The van der Waals surface area contributed by atoms with Gasteiger partial charge in [-0.2, -0.15) is 13.9 Å². The lowest BCUT2D eigenvalue weighted by Gasteiger charge is -2.28. The van der Waals surface area contributed by atoms with Gasteiger partial charge in [0.25, 0.3) is 11.8 Å². The maximum atomic E-state index is 13.9. The molecule has 240 valence electrons. The van der Waals surface area contributed by atoms with Crippen molar-refractivity contribution < 1.29 is 33.0 Å². The molecule has 0 saturated heterocycles. The van der Waals surface area contributed by atoms with E-state index < -0.39 is 24.0 Å². The van der Waals surface area contributed by atoms with Crippen LogP contribution in [0.5, 0.6) is 11.6 Å². The highest BCUT2D eigenvalue weighted by Gasteiger charge is 2.29. The molecule has 5 aromatic rings. The van der Waals surface area contributed by atoms with Crippen molar-refractivity contribution in [1.29, 1.82) is 0 Å². The first-order chi connectivity index (χ1) is 22.0. The van der Waals surface area contributed by atoms with Crippen molar-refractivity contribution in [2.45, 2.75) is 63.8 Å². The van der Waals surface area contributed by atoms with Gasteiger partial charge in [-0.15, -0.1) is 5.10 Å². The Bertz CT molecular complexity index is 1890. The number of alkyl halides is 2. The normalized spacial score (nSPS) is 17.0. The number of primary amides is 1. The van der Waals surface area contributed by atoms with Crippen LogP contribution in [0.2, 0.25) is 0 Å². The Morgan fingerprint density at radius 1 is 1.02 bits per heavy atom. The van der Waals surface area contributed by atoms with E-state index in [4.69, 9.17) is 15.2 Å². The number of nitrogens with one attached hydrogen (secondary N) is 1. The summed E-state index contributed by atoms with van der Waals surface area (Å²) >= 11 is 0. The predicted molar refractivity (Wildman–Crippen MR) is 166 cm³/mol. The van der Waals surface area contributed by atoms with Crippen LogP contribution in [0.4, 0.5) is 8.78 Å². The van der Waals surface area contributed by atoms with Crippen molar-refractivity contribution >= 4 is 28.2 Å². The summed E-state index contributed by atoms with van der Waals surface area (Å²) < 4.78 is 41.6. The average molecular weight is 633 g/mol. The van der Waals surface area contributed by atoms with Crippen molar-refractivity contribution in [3.63, 3.8) is 0 Å². The summed E-state index contributed by atoms with van der Waals surface area (Å²) in [7, 11) is 0. The van der Waals surface area contributed by atoms with Crippen LogP contribution in [0.25, 0.3) is 27.7 Å². The first-order valence-corrected chi connectivity index (χ1v) is 15.0. The number of ether oxygens (including phenoxy) is 2. The SMILES string of the molecule is CC(C)(O)COc1ccc2c(C(=O)NC3CCC(Oc4nn5c(-c6ccccc6)cccc5c4C(N)=O)CC3)nn(C(F)F)c2c1. The van der Waals surface area contributed by atoms with Gasteiger partial charge in [0.1, 0.15) is 24.0 Å². The number of halogens is 2. The lowest BCUT2D eigenvalue weighted by molar-refractivity contribution is 0.0284. The molecule has 0 radical (unpaired) electrons. The molecule has 4 N–H and O–H groups in total. The van der Waals surface area contributed by atoms with Crippen molar-refractivity contribution in [3.05, 3.63) is 78.0 Å². The molecule has 1 saturated carbocycles. The lowest BCUT2D eigenvalue weighted by Crippen LogP contribution is -2.40. The van der Waals surface area contributed by atoms with E-state index in [1.54, 1.807) is 30.5 Å². The Morgan fingerprint density at radius 2 is 1.76 bits per heavy atom. The maximum absolute atomic E-state index is 13.9. The summed E-state index contributed by atoms with van der Waals surface area (Å²) in [4.78, 5) is 25.7. The fraction of sp³-hybridized carbons (Fsp3) is 0.333. The lowest BCUT2D eigenvalue weighted by atomic mass is 9.92. The van der Waals surface area contributed by atoms with E-state index in [9.17, 15) is 23.5 Å². The van der Waals surface area contributed by atoms with E-state index in [1.807, 2.05) is 42.5 Å². The zero-order valence-corrected chi connectivity index (χ0v) is 25.3. The number of aliphatic hydroxyl groups is 1. The quantitative estimate of drug-likeness (QED) is 0.194. The smallest absolute Gasteiger partial charge is 0.333 e. The summed E-state index contributed by atoms with van der Waals surface area (Å²) in [6.45, 7) is 0.110. The van der Waals surface area contributed by atoms with E-state index in [1.165, 1.54) is 12.1 Å². The Balaban J connectivity index is 1.14. The Hall–Kier alpha value is -5.04. The zero-order chi connectivity index (χ0) is 32.6. The van der Waals surface area contributed by atoms with Crippen LogP contribution in [0.15, 0.2) is 66.7 Å². The van der Waals surface area contributed by atoms with Crippen LogP contribution in [0.1, 0.15) is 66.9 Å². The number of rotatable bonds is 10. The number of nitrogens with zero attached hydrogens (tertiary/aromatic N) is 4. The number of carbonyl (C=O) groups is 2. The number of nitrogens with two attached hydrogens (primary N) is 1. The van der Waals surface area contributed by atoms with Gasteiger partial charge in [0, 0.05) is 23.1 Å². The average Bonchev–Trinajstić information content (AvgIpc) is 3.59. The molecule has 0 aliphatic heterocycles. The highest BCUT2D eigenvalue weighted by Crippen LogP contribution is 2.32. The topological polar surface area (TPSA) is 146 Å². The van der Waals surface area contributed by atoms with Crippen molar-refractivity contribution in [2.75, 3.05) is 6.61 Å². The number of amides is 2. The van der Waals surface area contributed by atoms with Crippen LogP contribution >= 0.6 is 0 Å². The standard InChI is InChI=1S/C33H34F2N6O5/c1-33(2,44)18-45-22-15-16-23-26(17-22)41(32(34)35)38-28(23)30(43)37-20-11-13-21(14-12-20)46-31-27(29(36)42)25-10-6-9-24(40(25)39-31)19-7-4-3-5-8-19/h3-10,15-17,20-21,32,44H,11-14,18H2,1-2H3,(H2,36,42)(H,37,43). The number of hydrogen-bond acceptors (Lipinski definition) is 7. The van der Waals surface area contributed by atoms with E-state index >= 15 is 0 Å². The second-order valence-corrected chi connectivity index (χ2v) is 12.0. The molecular weight excluding hydrogens is 598 g/mol. The Kier molecular flexibility index (Phi) is 8.34. The van der Waals surface area contributed by atoms with Gasteiger partial charge in [-0.25, -0.2) is 9.20 Å². The number of hydrogen-bond donors (Lipinski definition) is 3. The minimum atomic E-state index is -2.98. The van der Waals surface area contributed by atoms with Gasteiger partial charge >= 0.3 is 6.55 Å². The molecule has 0 atom stereocenters. The third-order valence-electron chi connectivity index (χ3n) is 7.90. The van der Waals surface area contributed by atoms with Crippen LogP contribution in [-0.4, -0.2) is 60.7 Å². The first-order valence-electron chi connectivity index (χ1n) is 15.0. The molecule has 0 spiro atoms. The zero-order valence-electron chi connectivity index (χ0n) is 25.3. The summed E-state index contributed by atoms with van der Waals surface area (Å²) in [5.74, 6) is -0.798. The summed E-state index contributed by atoms with van der Waals surface area (Å²) in [5.41, 5.74) is 7.00. The summed E-state index contributed by atoms with van der Waals surface area (Å²) in [5, 5.41) is 21.6. The third-order valence-corrected chi connectivity index (χ3v) is 7.90. The fourth-order valence-electron chi connectivity index (χ4n) is 5.71. The van der Waals surface area contributed by atoms with Crippen LogP contribution in [0, 0.1) is 0 Å². The summed E-state index contributed by atoms with van der Waals surface area (Å²) in [6, 6.07) is 19.3. The summed E-state index contributed by atoms with van der Waals surface area (Å²) in [6.07, 6.45) is 1.92. The van der Waals surface area contributed by atoms with Gasteiger partial charge in [-0.05, 0) is 63.8 Å². The molecule has 3 heterocycles. The molecule has 1 fully saturated rings. The second kappa shape index (κ2) is 12.4. The molecule has 13 heteroatoms. The highest BCUT2D eigenvalue weighted by molar-refractivity contribution is 6.05. The molecule has 0 unspecified atom stereocenters. The molecule has 2 aromatic carbocycles. The van der Waals surface area contributed by atoms with Gasteiger partial charge in [0.15, 0.2) is 5.69 Å². The number of pyridine rings is 1. The van der Waals surface area contributed by atoms with Gasteiger partial charge in [0.2, 0.25) is 5.88 Å². The van der Waals surface area contributed by atoms with Crippen LogP contribution < -0.4 is 20.5 Å². The monoisotopic (exact) mass is 632 g/mol. The largest absolute Gasteiger partial charge is 0.491 e. The molecule has 6 rings (SSSR count). The molecule has 11 nitrogen and oxygen atoms in total. The predicted octanol–water partition coefficient (Wildman–Crippen LogP) is 5.11. The van der Waals surface area contributed by atoms with Crippen molar-refractivity contribution in [2.24, 2.45) is 5.73 Å². The van der Waals surface area contributed by atoms with Gasteiger partial charge < -0.3 is 25.6 Å². The van der Waals surface area contributed by atoms with Crippen LogP contribution in [-0.2, 0) is 0 Å². The molecule has 3 aromatic heterocycles. The Labute approximate surface area is 262 Å². The van der Waals surface area contributed by atoms with E-state index in [0.29, 0.717) is 35.9 Å². The fourth-order valence-corrected chi connectivity index (χ4v) is 5.71. The molecule has 1 aliphatic carbocycles. The van der Waals surface area contributed by atoms with E-state index in [2.05, 4.69) is 15.5 Å². The number of benzene rings is 2. The molecule has 1 aliphatic rings. The van der Waals surface area contributed by atoms with Gasteiger partial charge in [-0.3, -0.25) is 9.59 Å². The van der Waals surface area contributed by atoms with Gasteiger partial charge in [-0.1, -0.05) is 36.4 Å². The second-order valence-electron chi connectivity index (χ2n) is 12.0. The number of fused-ring (bicyclic) bond motifs is 2. The number of carbonyl (C=O) groups excluding carboxylic acids is 2. The minimum absolute atomic E-state index is 0.0404. The van der Waals surface area contributed by atoms with Gasteiger partial charge in [0.05, 0.1) is 22.3 Å². The Morgan fingerprint density at radius 3 is 2.43 bits per heavy atom. The third kappa shape index (κ3) is 6.36. The van der Waals surface area contributed by atoms with E-state index in [0.717, 1.165) is 11.3 Å². The maximum Gasteiger partial charge on any atom is 0.333 e. The molecule has 46 heavy (non-hydrogen) atoms. The first kappa shape index (κ1) is 31.0.